The molecule has 1 aliphatic rings. The van der Waals surface area contributed by atoms with Crippen molar-refractivity contribution < 1.29 is 19.4 Å². The quantitative estimate of drug-likeness (QED) is 0.139. The van der Waals surface area contributed by atoms with Gasteiger partial charge in [-0.25, -0.2) is 0 Å². The smallest absolute Gasteiger partial charge is 0.272 e. The highest BCUT2D eigenvalue weighted by Crippen LogP contribution is 2.43. The summed E-state index contributed by atoms with van der Waals surface area (Å²) < 4.78 is 12.0. The molecule has 2 heterocycles. The highest BCUT2D eigenvalue weighted by Gasteiger charge is 2.38. The van der Waals surface area contributed by atoms with Crippen LogP contribution in [0.15, 0.2) is 77.1 Å². The molecule has 1 saturated heterocycles. The first-order valence-electron chi connectivity index (χ1n) is 13.6. The zero-order valence-electron chi connectivity index (χ0n) is 23.4. The molecule has 4 atom stereocenters. The third-order valence-corrected chi connectivity index (χ3v) is 9.73. The zero-order valence-corrected chi connectivity index (χ0v) is 27.3. The monoisotopic (exact) mass is 677 g/mol. The van der Waals surface area contributed by atoms with Crippen molar-refractivity contribution in [2.45, 2.75) is 53.6 Å². The average Bonchev–Trinajstić information content (AvgIpc) is 3.44. The number of thioether (sulfide) groups is 1. The van der Waals surface area contributed by atoms with E-state index >= 15 is 0 Å². The molecule has 3 aromatic carbocycles. The summed E-state index contributed by atoms with van der Waals surface area (Å²) in [5.74, 6) is 0.106. The van der Waals surface area contributed by atoms with Gasteiger partial charge in [-0.05, 0) is 40.8 Å². The van der Waals surface area contributed by atoms with Gasteiger partial charge in [-0.1, -0.05) is 132 Å². The molecule has 5 rings (SSSR count). The number of nitrogens with zero attached hydrogens (tertiary/aromatic N) is 2. The minimum atomic E-state index is -2.01. The van der Waals surface area contributed by atoms with Gasteiger partial charge in [0, 0.05) is 23.8 Å². The number of aliphatic hydroxyl groups excluding tert-OH is 1. The van der Waals surface area contributed by atoms with Crippen LogP contribution >= 0.6 is 57.9 Å². The second-order valence-corrected chi connectivity index (χ2v) is 15.0. The highest BCUT2D eigenvalue weighted by molar-refractivity contribution is 8.01. The number of carbonyl (C=O) groups is 1. The number of carbonyl (C=O) groups excluding carboxylic acids is 1. The summed E-state index contributed by atoms with van der Waals surface area (Å²) in [6, 6.07) is 23.8. The van der Waals surface area contributed by atoms with Crippen LogP contribution in [0.3, 0.4) is 0 Å². The van der Waals surface area contributed by atoms with Gasteiger partial charge in [-0.3, -0.25) is 4.79 Å². The van der Waals surface area contributed by atoms with Crippen LogP contribution in [0.5, 0.6) is 0 Å². The van der Waals surface area contributed by atoms with Crippen LogP contribution in [0.4, 0.5) is 0 Å². The predicted octanol–water partition coefficient (Wildman–Crippen LogP) is 7.58. The molecule has 0 spiro atoms. The van der Waals surface area contributed by atoms with E-state index in [0.717, 1.165) is 42.7 Å². The number of nitrogens with one attached hydrogen (secondary N) is 1. The Morgan fingerprint density at radius 3 is 2.35 bits per heavy atom. The third kappa shape index (κ3) is 8.29. The van der Waals surface area contributed by atoms with Crippen molar-refractivity contribution in [2.75, 3.05) is 5.75 Å². The van der Waals surface area contributed by atoms with Crippen LogP contribution in [0.25, 0.3) is 11.1 Å². The molecule has 0 bridgehead atoms. The average molecular weight is 679 g/mol. The third-order valence-electron chi connectivity index (χ3n) is 7.16. The van der Waals surface area contributed by atoms with Crippen LogP contribution in [0.2, 0.25) is 0 Å². The van der Waals surface area contributed by atoms with Gasteiger partial charge in [0.1, 0.15) is 5.01 Å². The number of alkyl halides is 3. The molecule has 12 heteroatoms. The molecule has 226 valence electrons. The fraction of sp³-hybridized carbons (Fsp3) is 0.323. The van der Waals surface area contributed by atoms with Crippen LogP contribution in [-0.2, 0) is 27.4 Å². The van der Waals surface area contributed by atoms with Gasteiger partial charge in [-0.15, -0.1) is 10.2 Å². The fourth-order valence-electron chi connectivity index (χ4n) is 4.78. The number of aliphatic hydroxyl groups is 1. The Labute approximate surface area is 273 Å². The number of hydrogen-bond donors (Lipinski definition) is 2. The van der Waals surface area contributed by atoms with Crippen LogP contribution in [0.1, 0.15) is 46.6 Å². The van der Waals surface area contributed by atoms with E-state index in [1.807, 2.05) is 79.7 Å². The van der Waals surface area contributed by atoms with Crippen molar-refractivity contribution in [2.24, 2.45) is 5.92 Å². The summed E-state index contributed by atoms with van der Waals surface area (Å²) in [4.78, 5) is 11.9. The van der Waals surface area contributed by atoms with Gasteiger partial charge in [0.2, 0.25) is 0 Å². The van der Waals surface area contributed by atoms with E-state index < -0.39 is 16.0 Å². The van der Waals surface area contributed by atoms with Gasteiger partial charge in [-0.2, -0.15) is 0 Å². The molecule has 0 saturated carbocycles. The summed E-state index contributed by atoms with van der Waals surface area (Å²) in [5.41, 5.74) is 5.65. The second kappa shape index (κ2) is 14.3. The SMILES string of the molecule is Cc1nnc(SC[C@H]2O[C@@H](c3ccc(-c4cccc(CNC(=O)C(Cl)(Cl)Cl)c4)cc3)O[C@@H](c3ccc(CO)cc3)[C@H]2C)s1. The van der Waals surface area contributed by atoms with Crippen molar-refractivity contribution in [1.82, 2.24) is 15.5 Å². The predicted molar refractivity (Wildman–Crippen MR) is 172 cm³/mol. The van der Waals surface area contributed by atoms with Crippen LogP contribution < -0.4 is 5.32 Å². The van der Waals surface area contributed by atoms with E-state index in [-0.39, 0.29) is 31.3 Å². The Balaban J connectivity index is 1.34. The van der Waals surface area contributed by atoms with Crippen LogP contribution in [0, 0.1) is 12.8 Å². The molecule has 1 aromatic heterocycles. The maximum atomic E-state index is 11.9. The van der Waals surface area contributed by atoms with Crippen molar-refractivity contribution >= 4 is 63.8 Å². The summed E-state index contributed by atoms with van der Waals surface area (Å²) in [6.45, 7) is 4.31. The molecule has 43 heavy (non-hydrogen) atoms. The Morgan fingerprint density at radius 1 is 0.977 bits per heavy atom. The van der Waals surface area contributed by atoms with E-state index in [4.69, 9.17) is 44.3 Å². The van der Waals surface area contributed by atoms with Gasteiger partial charge in [0.15, 0.2) is 10.6 Å². The fourth-order valence-corrected chi connectivity index (χ4v) is 6.98. The Hall–Kier alpha value is -2.21. The lowest BCUT2D eigenvalue weighted by molar-refractivity contribution is -0.268. The molecule has 1 aliphatic heterocycles. The number of ether oxygens (including phenoxy) is 2. The maximum absolute atomic E-state index is 11.9. The summed E-state index contributed by atoms with van der Waals surface area (Å²) >= 11 is 20.2. The summed E-state index contributed by atoms with van der Waals surface area (Å²) in [5, 5.41) is 21.5. The lowest BCUT2D eigenvalue weighted by Crippen LogP contribution is -2.38. The van der Waals surface area contributed by atoms with E-state index in [9.17, 15) is 9.90 Å². The first-order chi connectivity index (χ1) is 20.6. The molecule has 4 aromatic rings. The molecule has 0 radical (unpaired) electrons. The highest BCUT2D eigenvalue weighted by atomic mass is 35.6. The van der Waals surface area contributed by atoms with E-state index in [0.29, 0.717) is 5.75 Å². The van der Waals surface area contributed by atoms with E-state index in [1.54, 1.807) is 23.1 Å². The van der Waals surface area contributed by atoms with Gasteiger partial charge in [0.05, 0.1) is 18.8 Å². The second-order valence-electron chi connectivity index (χ2n) is 10.2. The van der Waals surface area contributed by atoms with Crippen molar-refractivity contribution in [3.8, 4) is 11.1 Å². The number of aromatic nitrogens is 2. The van der Waals surface area contributed by atoms with Gasteiger partial charge in [0.25, 0.3) is 9.70 Å². The number of aryl methyl sites for hydroxylation is 1. The number of benzene rings is 3. The number of hydrogen-bond acceptors (Lipinski definition) is 8. The Bertz CT molecular complexity index is 1530. The van der Waals surface area contributed by atoms with Crippen LogP contribution in [-0.4, -0.2) is 36.9 Å². The maximum Gasteiger partial charge on any atom is 0.272 e. The number of rotatable bonds is 9. The van der Waals surface area contributed by atoms with E-state index in [1.165, 1.54) is 0 Å². The molecule has 2 N–H and O–H groups in total. The molecular weight excluding hydrogens is 649 g/mol. The minimum absolute atomic E-state index is 0.00747. The molecule has 1 fully saturated rings. The minimum Gasteiger partial charge on any atom is -0.392 e. The lowest BCUT2D eigenvalue weighted by atomic mass is 9.91. The largest absolute Gasteiger partial charge is 0.392 e. The summed E-state index contributed by atoms with van der Waals surface area (Å²) in [6.07, 6.45) is -0.875. The molecule has 0 unspecified atom stereocenters. The first kappa shape index (κ1) is 32.2. The molecule has 7 nitrogen and oxygen atoms in total. The topological polar surface area (TPSA) is 93.6 Å². The van der Waals surface area contributed by atoms with Crippen molar-refractivity contribution in [3.63, 3.8) is 0 Å². The van der Waals surface area contributed by atoms with Gasteiger partial charge < -0.3 is 19.9 Å². The van der Waals surface area contributed by atoms with Gasteiger partial charge >= 0.3 is 0 Å². The summed E-state index contributed by atoms with van der Waals surface area (Å²) in [7, 11) is 0. The zero-order chi connectivity index (χ0) is 30.6. The standard InChI is InChI=1S/C31H30Cl3N3O4S2/c1-18-26(17-42-30-37-36-19(2)43-30)40-28(41-27(18)23-8-6-20(16-38)7-9-23)24-12-10-22(11-13-24)25-5-3-4-21(14-25)15-35-29(39)31(32,33)34/h3-14,18,26-28,38H,15-17H2,1-2H3,(H,35,39)/t18-,26+,27+,28+/m0/s1. The number of halogens is 3. The van der Waals surface area contributed by atoms with E-state index in [2.05, 4.69) is 22.4 Å². The van der Waals surface area contributed by atoms with Crippen molar-refractivity contribution in [1.29, 1.82) is 0 Å². The first-order valence-corrected chi connectivity index (χ1v) is 16.5. The molecule has 1 amide bonds. The Morgan fingerprint density at radius 2 is 1.70 bits per heavy atom. The van der Waals surface area contributed by atoms with Crippen molar-refractivity contribution in [3.05, 3.63) is 100 Å². The molecular formula is C31H30Cl3N3O4S2. The Kier molecular flexibility index (Phi) is 10.7. The normalized spacial score (nSPS) is 20.6. The molecule has 0 aliphatic carbocycles. The lowest BCUT2D eigenvalue weighted by Gasteiger charge is -2.41. The number of amides is 1.